The number of nitro benzene ring substituents is 1. The molecular weight excluding hydrogens is 184 g/mol. The minimum absolute atomic E-state index is 0.250. The molecular formula is C7H4F2NO3. The highest BCUT2D eigenvalue weighted by molar-refractivity contribution is 5.36. The fourth-order valence-corrected chi connectivity index (χ4v) is 0.715. The van der Waals surface area contributed by atoms with Gasteiger partial charge < -0.3 is 4.74 Å². The molecule has 0 unspecified atom stereocenters. The van der Waals surface area contributed by atoms with Crippen molar-refractivity contribution in [1.29, 1.82) is 0 Å². The molecule has 0 aliphatic heterocycles. The van der Waals surface area contributed by atoms with Crippen LogP contribution in [0.15, 0.2) is 18.2 Å². The standard InChI is InChI=1S/C7H4F2NO3/c8-7(9)13-6-3-1-2-5(4-6)10(11)12/h1,3-4,7H. The average Bonchev–Trinajstić information content (AvgIpc) is 2.03. The van der Waals surface area contributed by atoms with E-state index in [4.69, 9.17) is 0 Å². The SMILES string of the molecule is O=[N+]([O-])c1[c]ccc(OC(F)F)c1. The lowest BCUT2D eigenvalue weighted by Crippen LogP contribution is -2.02. The topological polar surface area (TPSA) is 52.4 Å². The summed E-state index contributed by atoms with van der Waals surface area (Å²) >= 11 is 0. The minimum Gasteiger partial charge on any atom is -0.435 e. The molecule has 1 rings (SSSR count). The van der Waals surface area contributed by atoms with Crippen molar-refractivity contribution >= 4 is 5.69 Å². The summed E-state index contributed by atoms with van der Waals surface area (Å²) in [5.41, 5.74) is -0.404. The molecule has 0 N–H and O–H groups in total. The quantitative estimate of drug-likeness (QED) is 0.538. The second-order valence-electron chi connectivity index (χ2n) is 2.05. The highest BCUT2D eigenvalue weighted by atomic mass is 19.3. The monoisotopic (exact) mass is 188 g/mol. The molecule has 4 nitrogen and oxygen atoms in total. The van der Waals surface area contributed by atoms with Crippen LogP contribution in [0.4, 0.5) is 14.5 Å². The third-order valence-corrected chi connectivity index (χ3v) is 1.18. The lowest BCUT2D eigenvalue weighted by molar-refractivity contribution is -0.385. The Kier molecular flexibility index (Phi) is 2.73. The number of rotatable bonds is 3. The molecule has 0 spiro atoms. The van der Waals surface area contributed by atoms with Crippen LogP contribution in [0, 0.1) is 16.2 Å². The van der Waals surface area contributed by atoms with E-state index in [0.717, 1.165) is 12.1 Å². The molecule has 1 aromatic carbocycles. The van der Waals surface area contributed by atoms with Crippen LogP contribution in [0.3, 0.4) is 0 Å². The van der Waals surface area contributed by atoms with E-state index in [1.165, 1.54) is 6.07 Å². The molecule has 69 valence electrons. The predicted octanol–water partition coefficient (Wildman–Crippen LogP) is 2.00. The fraction of sp³-hybridized carbons (Fsp3) is 0.143. The van der Waals surface area contributed by atoms with Crippen molar-refractivity contribution in [3.63, 3.8) is 0 Å². The van der Waals surface area contributed by atoms with E-state index in [2.05, 4.69) is 10.8 Å². The van der Waals surface area contributed by atoms with Gasteiger partial charge >= 0.3 is 6.61 Å². The van der Waals surface area contributed by atoms with E-state index in [0.29, 0.717) is 0 Å². The Balaban J connectivity index is 2.85. The first kappa shape index (κ1) is 9.37. The number of non-ortho nitro benzene ring substituents is 1. The molecule has 1 aromatic rings. The van der Waals surface area contributed by atoms with E-state index in [9.17, 15) is 18.9 Å². The van der Waals surface area contributed by atoms with Crippen LogP contribution in [-0.2, 0) is 0 Å². The van der Waals surface area contributed by atoms with Gasteiger partial charge in [-0.1, -0.05) is 0 Å². The molecule has 0 aliphatic rings. The first-order valence-corrected chi connectivity index (χ1v) is 3.20. The third-order valence-electron chi connectivity index (χ3n) is 1.18. The Hall–Kier alpha value is -1.72. The third kappa shape index (κ3) is 2.66. The summed E-state index contributed by atoms with van der Waals surface area (Å²) in [6.45, 7) is -2.98. The Bertz CT molecular complexity index is 316. The van der Waals surface area contributed by atoms with Crippen molar-refractivity contribution in [3.05, 3.63) is 34.4 Å². The van der Waals surface area contributed by atoms with Gasteiger partial charge in [0, 0.05) is 0 Å². The van der Waals surface area contributed by atoms with Crippen LogP contribution < -0.4 is 4.74 Å². The lowest BCUT2D eigenvalue weighted by Gasteiger charge is -2.02. The number of halogens is 2. The average molecular weight is 188 g/mol. The van der Waals surface area contributed by atoms with E-state index >= 15 is 0 Å². The minimum atomic E-state index is -2.98. The van der Waals surface area contributed by atoms with Crippen molar-refractivity contribution < 1.29 is 18.4 Å². The smallest absolute Gasteiger partial charge is 0.387 e. The van der Waals surface area contributed by atoms with Crippen LogP contribution >= 0.6 is 0 Å². The van der Waals surface area contributed by atoms with Gasteiger partial charge in [-0.15, -0.1) is 0 Å². The normalized spacial score (nSPS) is 10.1. The molecule has 0 heterocycles. The van der Waals surface area contributed by atoms with Gasteiger partial charge in [-0.3, -0.25) is 10.1 Å². The molecule has 0 amide bonds. The molecule has 6 heteroatoms. The second kappa shape index (κ2) is 3.79. The van der Waals surface area contributed by atoms with Gasteiger partial charge in [0.25, 0.3) is 5.69 Å². The summed E-state index contributed by atoms with van der Waals surface area (Å²) in [7, 11) is 0. The zero-order chi connectivity index (χ0) is 9.84. The molecule has 0 saturated heterocycles. The molecule has 0 fully saturated rings. The number of nitro groups is 1. The van der Waals surface area contributed by atoms with Crippen molar-refractivity contribution in [1.82, 2.24) is 0 Å². The van der Waals surface area contributed by atoms with Crippen molar-refractivity contribution in [3.8, 4) is 5.75 Å². The van der Waals surface area contributed by atoms with E-state index < -0.39 is 17.2 Å². The van der Waals surface area contributed by atoms with Gasteiger partial charge in [-0.2, -0.15) is 8.78 Å². The maximum Gasteiger partial charge on any atom is 0.387 e. The summed E-state index contributed by atoms with van der Waals surface area (Å²) in [6.07, 6.45) is 0. The second-order valence-corrected chi connectivity index (χ2v) is 2.05. The summed E-state index contributed by atoms with van der Waals surface area (Å²) in [5, 5.41) is 10.2. The van der Waals surface area contributed by atoms with E-state index in [1.54, 1.807) is 0 Å². The Labute approximate surface area is 71.9 Å². The molecule has 13 heavy (non-hydrogen) atoms. The number of hydrogen-bond acceptors (Lipinski definition) is 3. The summed E-state index contributed by atoms with van der Waals surface area (Å²) in [4.78, 5) is 9.43. The largest absolute Gasteiger partial charge is 0.435 e. The first-order chi connectivity index (χ1) is 6.09. The van der Waals surface area contributed by atoms with Gasteiger partial charge in [0.1, 0.15) is 5.75 Å². The number of benzene rings is 1. The lowest BCUT2D eigenvalue weighted by atomic mass is 10.3. The van der Waals surface area contributed by atoms with Gasteiger partial charge in [0.2, 0.25) is 0 Å². The van der Waals surface area contributed by atoms with Gasteiger partial charge in [-0.05, 0) is 12.1 Å². The molecule has 0 atom stereocenters. The number of nitrogens with zero attached hydrogens (tertiary/aromatic N) is 1. The highest BCUT2D eigenvalue weighted by Gasteiger charge is 2.09. The maximum atomic E-state index is 11.7. The Morgan fingerprint density at radius 1 is 1.62 bits per heavy atom. The fourth-order valence-electron chi connectivity index (χ4n) is 0.715. The highest BCUT2D eigenvalue weighted by Crippen LogP contribution is 2.19. The molecule has 0 aromatic heterocycles. The van der Waals surface area contributed by atoms with Crippen LogP contribution in [0.5, 0.6) is 5.75 Å². The molecule has 0 saturated carbocycles. The van der Waals surface area contributed by atoms with Crippen LogP contribution in [0.25, 0.3) is 0 Å². The van der Waals surface area contributed by atoms with E-state index in [1.807, 2.05) is 0 Å². The molecule has 1 radical (unpaired) electrons. The number of hydrogen-bond donors (Lipinski definition) is 0. The summed E-state index contributed by atoms with van der Waals surface area (Å²) < 4.78 is 27.2. The van der Waals surface area contributed by atoms with Crippen molar-refractivity contribution in [2.24, 2.45) is 0 Å². The van der Waals surface area contributed by atoms with Crippen LogP contribution in [0.2, 0.25) is 0 Å². The predicted molar refractivity (Wildman–Crippen MR) is 38.6 cm³/mol. The Morgan fingerprint density at radius 2 is 2.31 bits per heavy atom. The zero-order valence-corrected chi connectivity index (χ0v) is 6.24. The van der Waals surface area contributed by atoms with Crippen LogP contribution in [-0.4, -0.2) is 11.5 Å². The van der Waals surface area contributed by atoms with Gasteiger partial charge in [0.05, 0.1) is 17.1 Å². The van der Waals surface area contributed by atoms with Crippen molar-refractivity contribution in [2.45, 2.75) is 6.61 Å². The van der Waals surface area contributed by atoms with Gasteiger partial charge in [-0.25, -0.2) is 0 Å². The van der Waals surface area contributed by atoms with Crippen molar-refractivity contribution in [2.75, 3.05) is 0 Å². The summed E-state index contributed by atoms with van der Waals surface area (Å²) in [6, 6.07) is 5.45. The summed E-state index contributed by atoms with van der Waals surface area (Å²) in [5.74, 6) is -0.250. The number of ether oxygens (including phenoxy) is 1. The van der Waals surface area contributed by atoms with Gasteiger partial charge in [0.15, 0.2) is 0 Å². The van der Waals surface area contributed by atoms with Crippen LogP contribution in [0.1, 0.15) is 0 Å². The Morgan fingerprint density at radius 3 is 2.85 bits per heavy atom. The molecule has 0 bridgehead atoms. The zero-order valence-electron chi connectivity index (χ0n) is 6.24. The first-order valence-electron chi connectivity index (χ1n) is 3.20. The maximum absolute atomic E-state index is 11.7. The molecule has 0 aliphatic carbocycles. The van der Waals surface area contributed by atoms with E-state index in [-0.39, 0.29) is 5.75 Å². The number of alkyl halides is 2.